The van der Waals surface area contributed by atoms with E-state index in [4.69, 9.17) is 0 Å². The van der Waals surface area contributed by atoms with E-state index in [2.05, 4.69) is 43.4 Å². The second kappa shape index (κ2) is 7.24. The molecule has 1 aliphatic rings. The molecular weight excluding hydrogens is 246 g/mol. The van der Waals surface area contributed by atoms with Gasteiger partial charge in [0.05, 0.1) is 5.60 Å². The fraction of sp³-hybridized carbons (Fsp3) is 0.667. The highest BCUT2D eigenvalue weighted by molar-refractivity contribution is 5.22. The minimum Gasteiger partial charge on any atom is -0.389 e. The predicted molar refractivity (Wildman–Crippen MR) is 84.7 cm³/mol. The zero-order valence-corrected chi connectivity index (χ0v) is 13.0. The first kappa shape index (κ1) is 15.5. The Morgan fingerprint density at radius 3 is 2.25 bits per heavy atom. The Bertz CT molecular complexity index is 390. The smallest absolute Gasteiger partial charge is 0.0771 e. The molecule has 1 aromatic carbocycles. The van der Waals surface area contributed by atoms with Crippen molar-refractivity contribution in [3.8, 4) is 0 Å². The highest BCUT2D eigenvalue weighted by Crippen LogP contribution is 2.27. The summed E-state index contributed by atoms with van der Waals surface area (Å²) in [6.45, 7) is 6.08. The molecule has 0 heterocycles. The highest BCUT2D eigenvalue weighted by atomic mass is 16.3. The van der Waals surface area contributed by atoms with Gasteiger partial charge in [0, 0.05) is 13.1 Å². The molecule has 1 saturated carbocycles. The van der Waals surface area contributed by atoms with Crippen LogP contribution in [0.4, 0.5) is 0 Å². The molecule has 0 saturated heterocycles. The number of rotatable bonds is 6. The van der Waals surface area contributed by atoms with Crippen LogP contribution in [0, 0.1) is 5.92 Å². The van der Waals surface area contributed by atoms with Crippen LogP contribution in [0.1, 0.15) is 57.1 Å². The van der Waals surface area contributed by atoms with Crippen LogP contribution in [-0.2, 0) is 13.0 Å². The van der Waals surface area contributed by atoms with Gasteiger partial charge in [-0.15, -0.1) is 0 Å². The predicted octanol–water partition coefficient (Wildman–Crippen LogP) is 3.67. The maximum absolute atomic E-state index is 10.4. The van der Waals surface area contributed by atoms with E-state index in [1.54, 1.807) is 0 Å². The summed E-state index contributed by atoms with van der Waals surface area (Å²) in [6, 6.07) is 8.87. The molecule has 2 rings (SSSR count). The first-order valence-electron chi connectivity index (χ1n) is 8.08. The Hall–Kier alpha value is -0.860. The molecule has 2 nitrogen and oxygen atoms in total. The number of benzene rings is 1. The SMILES string of the molecule is CC(C)Cc1ccc(CNCC2(O)CCCCC2)cc1. The van der Waals surface area contributed by atoms with E-state index in [0.29, 0.717) is 5.92 Å². The maximum Gasteiger partial charge on any atom is 0.0771 e. The zero-order chi connectivity index (χ0) is 14.4. The lowest BCUT2D eigenvalue weighted by molar-refractivity contribution is 0.00467. The van der Waals surface area contributed by atoms with Crippen LogP contribution in [0.15, 0.2) is 24.3 Å². The van der Waals surface area contributed by atoms with E-state index in [0.717, 1.165) is 32.4 Å². The monoisotopic (exact) mass is 275 g/mol. The van der Waals surface area contributed by atoms with Crippen molar-refractivity contribution in [1.82, 2.24) is 5.32 Å². The summed E-state index contributed by atoms with van der Waals surface area (Å²) in [7, 11) is 0. The summed E-state index contributed by atoms with van der Waals surface area (Å²) < 4.78 is 0. The van der Waals surface area contributed by atoms with Gasteiger partial charge in [-0.25, -0.2) is 0 Å². The van der Waals surface area contributed by atoms with Crippen molar-refractivity contribution in [1.29, 1.82) is 0 Å². The third-order valence-corrected chi connectivity index (χ3v) is 4.23. The van der Waals surface area contributed by atoms with Crippen LogP contribution < -0.4 is 5.32 Å². The molecule has 0 atom stereocenters. The summed E-state index contributed by atoms with van der Waals surface area (Å²) in [4.78, 5) is 0. The van der Waals surface area contributed by atoms with Gasteiger partial charge >= 0.3 is 0 Å². The Morgan fingerprint density at radius 1 is 1.05 bits per heavy atom. The molecule has 1 aliphatic carbocycles. The molecule has 1 fully saturated rings. The van der Waals surface area contributed by atoms with Gasteiger partial charge in [-0.05, 0) is 36.3 Å². The number of hydrogen-bond donors (Lipinski definition) is 2. The van der Waals surface area contributed by atoms with Crippen LogP contribution in [0.2, 0.25) is 0 Å². The molecule has 0 aliphatic heterocycles. The average molecular weight is 275 g/mol. The fourth-order valence-corrected chi connectivity index (χ4v) is 3.09. The van der Waals surface area contributed by atoms with Gasteiger partial charge in [0.2, 0.25) is 0 Å². The lowest BCUT2D eigenvalue weighted by Gasteiger charge is -2.32. The minimum atomic E-state index is -0.462. The first-order valence-corrected chi connectivity index (χ1v) is 8.08. The second-order valence-electron chi connectivity index (χ2n) is 6.80. The highest BCUT2D eigenvalue weighted by Gasteiger charge is 2.28. The van der Waals surface area contributed by atoms with Gasteiger partial charge in [-0.1, -0.05) is 57.4 Å². The summed E-state index contributed by atoms with van der Waals surface area (Å²) >= 11 is 0. The van der Waals surface area contributed by atoms with Gasteiger partial charge in [0.1, 0.15) is 0 Å². The van der Waals surface area contributed by atoms with Gasteiger partial charge < -0.3 is 10.4 Å². The van der Waals surface area contributed by atoms with E-state index in [1.807, 2.05) is 0 Å². The van der Waals surface area contributed by atoms with Gasteiger partial charge in [-0.2, -0.15) is 0 Å². The number of nitrogens with one attached hydrogen (secondary N) is 1. The van der Waals surface area contributed by atoms with Crippen molar-refractivity contribution in [2.75, 3.05) is 6.54 Å². The van der Waals surface area contributed by atoms with Crippen molar-refractivity contribution in [2.24, 2.45) is 5.92 Å². The number of aliphatic hydroxyl groups is 1. The van der Waals surface area contributed by atoms with Crippen molar-refractivity contribution in [3.05, 3.63) is 35.4 Å². The molecule has 2 heteroatoms. The molecule has 0 radical (unpaired) electrons. The summed E-state index contributed by atoms with van der Waals surface area (Å²) in [5.74, 6) is 0.708. The molecule has 20 heavy (non-hydrogen) atoms. The van der Waals surface area contributed by atoms with Crippen molar-refractivity contribution in [2.45, 2.75) is 64.5 Å². The average Bonchev–Trinajstić information content (AvgIpc) is 2.41. The quantitative estimate of drug-likeness (QED) is 0.830. The summed E-state index contributed by atoms with van der Waals surface area (Å²) in [5.41, 5.74) is 2.25. The maximum atomic E-state index is 10.4. The molecule has 0 bridgehead atoms. The van der Waals surface area contributed by atoms with Crippen LogP contribution >= 0.6 is 0 Å². The van der Waals surface area contributed by atoms with Crippen molar-refractivity contribution < 1.29 is 5.11 Å². The minimum absolute atomic E-state index is 0.462. The van der Waals surface area contributed by atoms with E-state index in [-0.39, 0.29) is 0 Å². The molecule has 112 valence electrons. The summed E-state index contributed by atoms with van der Waals surface area (Å²) in [6.07, 6.45) is 6.66. The van der Waals surface area contributed by atoms with E-state index in [9.17, 15) is 5.11 Å². The first-order chi connectivity index (χ1) is 9.57. The second-order valence-corrected chi connectivity index (χ2v) is 6.80. The van der Waals surface area contributed by atoms with Crippen LogP contribution in [-0.4, -0.2) is 17.3 Å². The molecule has 0 amide bonds. The summed E-state index contributed by atoms with van der Waals surface area (Å²) in [5, 5.41) is 13.9. The lowest BCUT2D eigenvalue weighted by Crippen LogP contribution is -2.41. The Kier molecular flexibility index (Phi) is 5.62. The third-order valence-electron chi connectivity index (χ3n) is 4.23. The van der Waals surface area contributed by atoms with Crippen molar-refractivity contribution in [3.63, 3.8) is 0 Å². The van der Waals surface area contributed by atoms with E-state index >= 15 is 0 Å². The Morgan fingerprint density at radius 2 is 1.65 bits per heavy atom. The Balaban J connectivity index is 1.76. The number of hydrogen-bond acceptors (Lipinski definition) is 2. The van der Waals surface area contributed by atoms with Crippen LogP contribution in [0.3, 0.4) is 0 Å². The normalized spacial score (nSPS) is 18.4. The third kappa shape index (κ3) is 4.92. The lowest BCUT2D eigenvalue weighted by atomic mass is 9.85. The van der Waals surface area contributed by atoms with Crippen molar-refractivity contribution >= 4 is 0 Å². The van der Waals surface area contributed by atoms with Gasteiger partial charge in [0.25, 0.3) is 0 Å². The fourth-order valence-electron chi connectivity index (χ4n) is 3.09. The zero-order valence-electron chi connectivity index (χ0n) is 13.0. The van der Waals surface area contributed by atoms with E-state index in [1.165, 1.54) is 30.4 Å². The molecule has 2 N–H and O–H groups in total. The largest absolute Gasteiger partial charge is 0.389 e. The van der Waals surface area contributed by atoms with Crippen LogP contribution in [0.25, 0.3) is 0 Å². The van der Waals surface area contributed by atoms with E-state index < -0.39 is 5.60 Å². The molecule has 0 unspecified atom stereocenters. The van der Waals surface area contributed by atoms with Gasteiger partial charge in [0.15, 0.2) is 0 Å². The standard InChI is InChI=1S/C18H29NO/c1-15(2)12-16-6-8-17(9-7-16)13-19-14-18(20)10-4-3-5-11-18/h6-9,15,19-20H,3-5,10-14H2,1-2H3. The molecule has 0 aromatic heterocycles. The molecular formula is C18H29NO. The Labute approximate surface area is 123 Å². The van der Waals surface area contributed by atoms with Gasteiger partial charge in [-0.3, -0.25) is 0 Å². The molecule has 0 spiro atoms. The molecule has 1 aromatic rings. The topological polar surface area (TPSA) is 32.3 Å². The van der Waals surface area contributed by atoms with Crippen LogP contribution in [0.5, 0.6) is 0 Å².